The third kappa shape index (κ3) is 7.55. The quantitative estimate of drug-likeness (QED) is 0.667. The van der Waals surface area contributed by atoms with E-state index in [1.807, 2.05) is 0 Å². The Balaban J connectivity index is 2.13. The maximum atomic E-state index is 11.4. The molecular weight excluding hydrogens is 186 g/mol. The van der Waals surface area contributed by atoms with E-state index in [0.29, 0.717) is 5.78 Å². The Bertz CT molecular complexity index is 152. The van der Waals surface area contributed by atoms with Gasteiger partial charge in [0, 0.05) is 12.8 Å². The molecule has 0 aromatic carbocycles. The third-order valence-electron chi connectivity index (χ3n) is 3.12. The van der Waals surface area contributed by atoms with Gasteiger partial charge in [0.15, 0.2) is 0 Å². The van der Waals surface area contributed by atoms with Crippen LogP contribution < -0.4 is 5.32 Å². The van der Waals surface area contributed by atoms with Gasteiger partial charge in [0.2, 0.25) is 0 Å². The van der Waals surface area contributed by atoms with Crippen LogP contribution in [0.1, 0.15) is 64.2 Å². The largest absolute Gasteiger partial charge is 0.317 e. The molecule has 0 atom stereocenters. The van der Waals surface area contributed by atoms with E-state index in [9.17, 15) is 4.79 Å². The molecule has 1 rings (SSSR count). The summed E-state index contributed by atoms with van der Waals surface area (Å²) in [6.45, 7) is 2.15. The second kappa shape index (κ2) is 8.90. The minimum Gasteiger partial charge on any atom is -0.317 e. The van der Waals surface area contributed by atoms with Gasteiger partial charge in [-0.15, -0.1) is 0 Å². The maximum Gasteiger partial charge on any atom is 0.132 e. The number of carbonyl (C=O) groups excluding carboxylic acids is 1. The predicted octanol–water partition coefficient (Wildman–Crippen LogP) is 3.06. The molecule has 0 aromatic heterocycles. The molecule has 1 heterocycles. The van der Waals surface area contributed by atoms with Crippen molar-refractivity contribution in [2.24, 2.45) is 0 Å². The molecule has 1 N–H and O–H groups in total. The number of hydrogen-bond donors (Lipinski definition) is 1. The average Bonchev–Trinajstić information content (AvgIpc) is 2.24. The minimum atomic E-state index is 0.467. The molecule has 2 heteroatoms. The summed E-state index contributed by atoms with van der Waals surface area (Å²) in [5, 5.41) is 3.41. The fraction of sp³-hybridized carbons (Fsp3) is 0.923. The molecular formula is C13H25NO. The SMILES string of the molecule is O=C1CCCCCCCCCNCCC1. The van der Waals surface area contributed by atoms with E-state index in [2.05, 4.69) is 5.32 Å². The highest BCUT2D eigenvalue weighted by Crippen LogP contribution is 2.10. The fourth-order valence-corrected chi connectivity index (χ4v) is 2.12. The Morgan fingerprint density at radius 1 is 0.667 bits per heavy atom. The molecule has 2 nitrogen and oxygen atoms in total. The van der Waals surface area contributed by atoms with E-state index in [4.69, 9.17) is 0 Å². The molecule has 0 unspecified atom stereocenters. The molecule has 0 bridgehead atoms. The van der Waals surface area contributed by atoms with Crippen LogP contribution in [0, 0.1) is 0 Å². The van der Waals surface area contributed by atoms with Gasteiger partial charge in [-0.2, -0.15) is 0 Å². The molecule has 1 aliphatic heterocycles. The summed E-state index contributed by atoms with van der Waals surface area (Å²) in [5.41, 5.74) is 0. The molecule has 1 fully saturated rings. The van der Waals surface area contributed by atoms with Crippen LogP contribution in [0.15, 0.2) is 0 Å². The van der Waals surface area contributed by atoms with Gasteiger partial charge < -0.3 is 5.32 Å². The smallest absolute Gasteiger partial charge is 0.132 e. The van der Waals surface area contributed by atoms with Gasteiger partial charge in [0.05, 0.1) is 0 Å². The van der Waals surface area contributed by atoms with Crippen LogP contribution in [0.5, 0.6) is 0 Å². The van der Waals surface area contributed by atoms with Gasteiger partial charge in [-0.25, -0.2) is 0 Å². The standard InChI is InChI=1S/C13H25NO/c15-13-9-6-4-2-1-3-5-7-11-14-12-8-10-13/h14H,1-12H2. The molecule has 0 aromatic rings. The molecule has 0 saturated carbocycles. The van der Waals surface area contributed by atoms with Crippen LogP contribution in [-0.4, -0.2) is 18.9 Å². The first-order valence-electron chi connectivity index (χ1n) is 6.62. The Labute approximate surface area is 93.8 Å². The molecule has 0 radical (unpaired) electrons. The molecule has 0 spiro atoms. The second-order valence-corrected chi connectivity index (χ2v) is 4.62. The van der Waals surface area contributed by atoms with Gasteiger partial charge in [-0.3, -0.25) is 4.79 Å². The molecule has 1 aliphatic rings. The molecule has 1 saturated heterocycles. The van der Waals surface area contributed by atoms with Crippen molar-refractivity contribution in [3.05, 3.63) is 0 Å². The van der Waals surface area contributed by atoms with Gasteiger partial charge in [-0.05, 0) is 32.4 Å². The van der Waals surface area contributed by atoms with E-state index in [1.165, 1.54) is 38.5 Å². The Hall–Kier alpha value is -0.370. The Morgan fingerprint density at radius 3 is 2.00 bits per heavy atom. The van der Waals surface area contributed by atoms with E-state index in [-0.39, 0.29) is 0 Å². The number of hydrogen-bond acceptors (Lipinski definition) is 2. The first-order chi connectivity index (χ1) is 7.39. The summed E-state index contributed by atoms with van der Waals surface area (Å²) in [7, 11) is 0. The van der Waals surface area contributed by atoms with Crippen molar-refractivity contribution >= 4 is 5.78 Å². The van der Waals surface area contributed by atoms with Crippen LogP contribution in [0.25, 0.3) is 0 Å². The summed E-state index contributed by atoms with van der Waals surface area (Å²) in [5.74, 6) is 0.467. The number of carbonyl (C=O) groups is 1. The Kier molecular flexibility index (Phi) is 7.53. The van der Waals surface area contributed by atoms with Crippen molar-refractivity contribution in [3.63, 3.8) is 0 Å². The monoisotopic (exact) mass is 211 g/mol. The van der Waals surface area contributed by atoms with Crippen molar-refractivity contribution in [2.45, 2.75) is 64.2 Å². The molecule has 88 valence electrons. The van der Waals surface area contributed by atoms with E-state index in [1.54, 1.807) is 0 Å². The zero-order valence-corrected chi connectivity index (χ0v) is 9.89. The topological polar surface area (TPSA) is 29.1 Å². The van der Waals surface area contributed by atoms with Crippen LogP contribution in [0.4, 0.5) is 0 Å². The Morgan fingerprint density at radius 2 is 1.20 bits per heavy atom. The number of ketones is 1. The normalized spacial score (nSPS) is 23.3. The molecule has 0 amide bonds. The van der Waals surface area contributed by atoms with Crippen molar-refractivity contribution < 1.29 is 4.79 Å². The van der Waals surface area contributed by atoms with Crippen LogP contribution >= 0.6 is 0 Å². The highest BCUT2D eigenvalue weighted by atomic mass is 16.1. The number of Topliss-reactive ketones (excluding diaryl/α,β-unsaturated/α-hetero) is 1. The fourth-order valence-electron chi connectivity index (χ4n) is 2.12. The summed E-state index contributed by atoms with van der Waals surface area (Å²) in [6, 6.07) is 0. The van der Waals surface area contributed by atoms with Crippen molar-refractivity contribution in [1.82, 2.24) is 5.32 Å². The second-order valence-electron chi connectivity index (χ2n) is 4.62. The predicted molar refractivity (Wildman–Crippen MR) is 64.0 cm³/mol. The van der Waals surface area contributed by atoms with Gasteiger partial charge in [-0.1, -0.05) is 32.1 Å². The lowest BCUT2D eigenvalue weighted by molar-refractivity contribution is -0.119. The first-order valence-corrected chi connectivity index (χ1v) is 6.62. The van der Waals surface area contributed by atoms with Crippen molar-refractivity contribution in [3.8, 4) is 0 Å². The maximum absolute atomic E-state index is 11.4. The average molecular weight is 211 g/mol. The van der Waals surface area contributed by atoms with Gasteiger partial charge >= 0.3 is 0 Å². The van der Waals surface area contributed by atoms with E-state index >= 15 is 0 Å². The highest BCUT2D eigenvalue weighted by molar-refractivity contribution is 5.78. The summed E-state index contributed by atoms with van der Waals surface area (Å²) < 4.78 is 0. The molecule has 0 aliphatic carbocycles. The lowest BCUT2D eigenvalue weighted by Gasteiger charge is -2.06. The third-order valence-corrected chi connectivity index (χ3v) is 3.12. The van der Waals surface area contributed by atoms with Crippen molar-refractivity contribution in [2.75, 3.05) is 13.1 Å². The summed E-state index contributed by atoms with van der Waals surface area (Å²) in [6.07, 6.45) is 11.7. The minimum absolute atomic E-state index is 0.467. The molecule has 15 heavy (non-hydrogen) atoms. The zero-order valence-electron chi connectivity index (χ0n) is 9.89. The van der Waals surface area contributed by atoms with Gasteiger partial charge in [0.1, 0.15) is 5.78 Å². The number of rotatable bonds is 0. The van der Waals surface area contributed by atoms with Crippen molar-refractivity contribution in [1.29, 1.82) is 0 Å². The lowest BCUT2D eigenvalue weighted by atomic mass is 10.0. The van der Waals surface area contributed by atoms with Crippen LogP contribution in [0.2, 0.25) is 0 Å². The summed E-state index contributed by atoms with van der Waals surface area (Å²) >= 11 is 0. The van der Waals surface area contributed by atoms with E-state index in [0.717, 1.165) is 38.8 Å². The highest BCUT2D eigenvalue weighted by Gasteiger charge is 2.02. The number of nitrogens with one attached hydrogen (secondary N) is 1. The van der Waals surface area contributed by atoms with Crippen LogP contribution in [0.3, 0.4) is 0 Å². The zero-order chi connectivity index (χ0) is 10.8. The summed E-state index contributed by atoms with van der Waals surface area (Å²) in [4.78, 5) is 11.4. The van der Waals surface area contributed by atoms with Gasteiger partial charge in [0.25, 0.3) is 0 Å². The lowest BCUT2D eigenvalue weighted by Crippen LogP contribution is -2.17. The first kappa shape index (κ1) is 12.7. The van der Waals surface area contributed by atoms with E-state index < -0.39 is 0 Å². The van der Waals surface area contributed by atoms with Crippen LogP contribution in [-0.2, 0) is 4.79 Å².